The summed E-state index contributed by atoms with van der Waals surface area (Å²) in [6.07, 6.45) is 1.70. The number of hydrogen-bond acceptors (Lipinski definition) is 6. The van der Waals surface area contributed by atoms with Gasteiger partial charge in [-0.25, -0.2) is 4.79 Å². The number of primary amides is 1. The van der Waals surface area contributed by atoms with Gasteiger partial charge in [0.1, 0.15) is 5.00 Å². The van der Waals surface area contributed by atoms with E-state index in [9.17, 15) is 14.4 Å². The first kappa shape index (κ1) is 16.7. The molecule has 1 unspecified atom stereocenters. The molecule has 126 valence electrons. The van der Waals surface area contributed by atoms with Gasteiger partial charge in [0.25, 0.3) is 11.8 Å². The molecule has 0 spiro atoms. The standard InChI is InChI=1S/C16H16N2O4S2/c1-8(22-16(21)9-5-6-23-7-9)14(20)18-15-12(13(17)19)10-3-2-4-11(10)24-15/h5-8H,2-4H2,1H3,(H2,17,19)(H,18,20). The van der Waals surface area contributed by atoms with Crippen LogP contribution in [-0.4, -0.2) is 23.9 Å². The Balaban J connectivity index is 1.71. The van der Waals surface area contributed by atoms with Gasteiger partial charge in [-0.2, -0.15) is 11.3 Å². The van der Waals surface area contributed by atoms with Crippen molar-refractivity contribution in [3.63, 3.8) is 0 Å². The maximum atomic E-state index is 12.3. The SMILES string of the molecule is CC(OC(=O)c1ccsc1)C(=O)Nc1sc2c(c1C(N)=O)CCC2. The average molecular weight is 364 g/mol. The van der Waals surface area contributed by atoms with Crippen LogP contribution in [0.4, 0.5) is 5.00 Å². The van der Waals surface area contributed by atoms with Crippen LogP contribution in [0.25, 0.3) is 0 Å². The molecule has 0 bridgehead atoms. The van der Waals surface area contributed by atoms with Gasteiger partial charge in [-0.15, -0.1) is 11.3 Å². The van der Waals surface area contributed by atoms with Crippen molar-refractivity contribution in [2.45, 2.75) is 32.3 Å². The summed E-state index contributed by atoms with van der Waals surface area (Å²) in [6.45, 7) is 1.49. The van der Waals surface area contributed by atoms with E-state index in [4.69, 9.17) is 10.5 Å². The number of esters is 1. The predicted octanol–water partition coefficient (Wildman–Crippen LogP) is 2.58. The number of hydrogen-bond donors (Lipinski definition) is 2. The minimum atomic E-state index is -0.977. The van der Waals surface area contributed by atoms with Gasteiger partial charge in [0, 0.05) is 10.3 Å². The first-order chi connectivity index (χ1) is 11.5. The molecule has 3 N–H and O–H groups in total. The zero-order valence-electron chi connectivity index (χ0n) is 13.0. The van der Waals surface area contributed by atoms with Crippen LogP contribution in [-0.2, 0) is 22.4 Å². The summed E-state index contributed by atoms with van der Waals surface area (Å²) >= 11 is 2.74. The largest absolute Gasteiger partial charge is 0.449 e. The molecule has 0 saturated heterocycles. The maximum absolute atomic E-state index is 12.3. The van der Waals surface area contributed by atoms with Gasteiger partial charge in [-0.05, 0) is 43.2 Å². The Morgan fingerprint density at radius 1 is 1.33 bits per heavy atom. The van der Waals surface area contributed by atoms with E-state index >= 15 is 0 Å². The molecule has 1 atom stereocenters. The van der Waals surface area contributed by atoms with Crippen LogP contribution in [0.2, 0.25) is 0 Å². The third-order valence-electron chi connectivity index (χ3n) is 3.81. The van der Waals surface area contributed by atoms with Gasteiger partial charge in [0.15, 0.2) is 6.10 Å². The third kappa shape index (κ3) is 3.20. The van der Waals surface area contributed by atoms with E-state index in [0.717, 1.165) is 29.7 Å². The van der Waals surface area contributed by atoms with Crippen LogP contribution in [0.5, 0.6) is 0 Å². The van der Waals surface area contributed by atoms with Gasteiger partial charge in [0.2, 0.25) is 0 Å². The molecule has 2 aromatic rings. The van der Waals surface area contributed by atoms with Crippen LogP contribution in [0.1, 0.15) is 44.5 Å². The normalized spacial score (nSPS) is 14.0. The van der Waals surface area contributed by atoms with Crippen LogP contribution in [0.15, 0.2) is 16.8 Å². The first-order valence-electron chi connectivity index (χ1n) is 7.45. The van der Waals surface area contributed by atoms with E-state index in [-0.39, 0.29) is 0 Å². The minimum absolute atomic E-state index is 0.386. The van der Waals surface area contributed by atoms with Crippen molar-refractivity contribution in [2.24, 2.45) is 5.73 Å². The summed E-state index contributed by atoms with van der Waals surface area (Å²) in [7, 11) is 0. The topological polar surface area (TPSA) is 98.5 Å². The molecule has 2 aromatic heterocycles. The van der Waals surface area contributed by atoms with E-state index in [2.05, 4.69) is 5.32 Å². The minimum Gasteiger partial charge on any atom is -0.449 e. The molecular weight excluding hydrogens is 348 g/mol. The second-order valence-corrected chi connectivity index (χ2v) is 7.36. The Kier molecular flexibility index (Phi) is 4.68. The molecule has 24 heavy (non-hydrogen) atoms. The van der Waals surface area contributed by atoms with Crippen molar-refractivity contribution in [3.8, 4) is 0 Å². The number of nitrogens with one attached hydrogen (secondary N) is 1. The smallest absolute Gasteiger partial charge is 0.339 e. The average Bonchev–Trinajstić information content (AvgIpc) is 3.22. The number of fused-ring (bicyclic) bond motifs is 1. The van der Waals surface area contributed by atoms with E-state index in [0.29, 0.717) is 16.1 Å². The fourth-order valence-electron chi connectivity index (χ4n) is 2.63. The Bertz CT molecular complexity index is 795. The molecule has 3 rings (SSSR count). The molecule has 2 heterocycles. The van der Waals surface area contributed by atoms with E-state index < -0.39 is 23.9 Å². The van der Waals surface area contributed by atoms with Gasteiger partial charge < -0.3 is 15.8 Å². The Labute approximate surface area is 146 Å². The van der Waals surface area contributed by atoms with Crippen LogP contribution >= 0.6 is 22.7 Å². The number of ether oxygens (including phenoxy) is 1. The van der Waals surface area contributed by atoms with Gasteiger partial charge >= 0.3 is 5.97 Å². The molecule has 0 fully saturated rings. The highest BCUT2D eigenvalue weighted by atomic mass is 32.1. The number of carbonyl (C=O) groups is 3. The number of anilines is 1. The quantitative estimate of drug-likeness (QED) is 0.797. The monoisotopic (exact) mass is 364 g/mol. The number of amides is 2. The second kappa shape index (κ2) is 6.74. The van der Waals surface area contributed by atoms with E-state index in [1.807, 2.05) is 0 Å². The van der Waals surface area contributed by atoms with Crippen molar-refractivity contribution >= 4 is 45.5 Å². The highest BCUT2D eigenvalue weighted by Gasteiger charge is 2.28. The Morgan fingerprint density at radius 3 is 2.79 bits per heavy atom. The van der Waals surface area contributed by atoms with E-state index in [1.54, 1.807) is 16.8 Å². The zero-order valence-corrected chi connectivity index (χ0v) is 14.6. The van der Waals surface area contributed by atoms with Gasteiger partial charge in [-0.3, -0.25) is 9.59 Å². The summed E-state index contributed by atoms with van der Waals surface area (Å²) in [5, 5.41) is 6.53. The number of thiophene rings is 2. The third-order valence-corrected chi connectivity index (χ3v) is 5.70. The number of nitrogens with two attached hydrogens (primary N) is 1. The highest BCUT2D eigenvalue weighted by molar-refractivity contribution is 7.17. The second-order valence-electron chi connectivity index (χ2n) is 5.47. The highest BCUT2D eigenvalue weighted by Crippen LogP contribution is 2.38. The molecular formula is C16H16N2O4S2. The molecule has 0 aliphatic heterocycles. The molecule has 8 heteroatoms. The van der Waals surface area contributed by atoms with Crippen LogP contribution in [0.3, 0.4) is 0 Å². The van der Waals surface area contributed by atoms with E-state index in [1.165, 1.54) is 29.6 Å². The van der Waals surface area contributed by atoms with Crippen molar-refractivity contribution in [1.29, 1.82) is 0 Å². The lowest BCUT2D eigenvalue weighted by Gasteiger charge is -2.13. The van der Waals surface area contributed by atoms with Crippen molar-refractivity contribution in [3.05, 3.63) is 38.4 Å². The lowest BCUT2D eigenvalue weighted by atomic mass is 10.1. The van der Waals surface area contributed by atoms with Gasteiger partial charge in [0.05, 0.1) is 11.1 Å². The summed E-state index contributed by atoms with van der Waals surface area (Å²) < 4.78 is 5.15. The van der Waals surface area contributed by atoms with Crippen molar-refractivity contribution in [1.82, 2.24) is 0 Å². The molecule has 1 aliphatic carbocycles. The molecule has 1 aliphatic rings. The summed E-state index contributed by atoms with van der Waals surface area (Å²) in [6, 6.07) is 1.63. The number of rotatable bonds is 5. The predicted molar refractivity (Wildman–Crippen MR) is 92.7 cm³/mol. The molecule has 0 aromatic carbocycles. The molecule has 6 nitrogen and oxygen atoms in total. The maximum Gasteiger partial charge on any atom is 0.339 e. The molecule has 2 amide bonds. The fraction of sp³-hybridized carbons (Fsp3) is 0.312. The Morgan fingerprint density at radius 2 is 2.12 bits per heavy atom. The van der Waals surface area contributed by atoms with Crippen molar-refractivity contribution < 1.29 is 19.1 Å². The lowest BCUT2D eigenvalue weighted by Crippen LogP contribution is -2.30. The van der Waals surface area contributed by atoms with Crippen LogP contribution < -0.4 is 11.1 Å². The Hall–Kier alpha value is -2.19. The molecule has 0 saturated carbocycles. The van der Waals surface area contributed by atoms with Crippen LogP contribution in [0, 0.1) is 0 Å². The number of aryl methyl sites for hydroxylation is 1. The van der Waals surface area contributed by atoms with Gasteiger partial charge in [-0.1, -0.05) is 0 Å². The summed E-state index contributed by atoms with van der Waals surface area (Å²) in [5.74, 6) is -1.59. The summed E-state index contributed by atoms with van der Waals surface area (Å²) in [4.78, 5) is 37.0. The fourth-order valence-corrected chi connectivity index (χ4v) is 4.55. The first-order valence-corrected chi connectivity index (χ1v) is 9.21. The van der Waals surface area contributed by atoms with Crippen molar-refractivity contribution in [2.75, 3.05) is 5.32 Å². The summed E-state index contributed by atoms with van der Waals surface area (Å²) in [5.41, 5.74) is 7.19. The molecule has 0 radical (unpaired) electrons. The lowest BCUT2D eigenvalue weighted by molar-refractivity contribution is -0.123. The zero-order chi connectivity index (χ0) is 17.3. The number of carbonyl (C=O) groups excluding carboxylic acids is 3.